The molecule has 1 aliphatic heterocycles. The number of benzene rings is 2. The molecule has 1 atom stereocenters. The number of carbonyl (C=O) groups excluding carboxylic acids is 2. The number of nitrogens with one attached hydrogen (secondary N) is 2. The Labute approximate surface area is 159 Å². The van der Waals surface area contributed by atoms with Crippen LogP contribution >= 0.6 is 11.8 Å². The number of aliphatic imine (C=N–C) groups is 1. The second kappa shape index (κ2) is 8.77. The summed E-state index contributed by atoms with van der Waals surface area (Å²) in [6.45, 7) is 0.520. The number of carbonyl (C=O) groups is 2. The van der Waals surface area contributed by atoms with Crippen molar-refractivity contribution in [3.05, 3.63) is 65.7 Å². The van der Waals surface area contributed by atoms with Crippen LogP contribution in [0.15, 0.2) is 53.5 Å². The molecule has 2 N–H and O–H groups in total. The zero-order chi connectivity index (χ0) is 19.2. The molecule has 27 heavy (non-hydrogen) atoms. The first-order valence-electron chi connectivity index (χ1n) is 8.32. The third-order valence-electron chi connectivity index (χ3n) is 3.85. The van der Waals surface area contributed by atoms with E-state index in [0.717, 1.165) is 24.1 Å². The number of rotatable bonds is 6. The van der Waals surface area contributed by atoms with Crippen molar-refractivity contribution in [2.75, 3.05) is 11.9 Å². The van der Waals surface area contributed by atoms with E-state index in [9.17, 15) is 18.4 Å². The molecule has 5 nitrogen and oxygen atoms in total. The number of hydrogen-bond donors (Lipinski definition) is 2. The molecule has 1 aliphatic rings. The van der Waals surface area contributed by atoms with E-state index in [0.29, 0.717) is 17.8 Å². The van der Waals surface area contributed by atoms with Crippen LogP contribution in [0.1, 0.15) is 12.0 Å². The van der Waals surface area contributed by atoms with E-state index >= 15 is 0 Å². The van der Waals surface area contributed by atoms with Crippen LogP contribution in [0.2, 0.25) is 0 Å². The van der Waals surface area contributed by atoms with Gasteiger partial charge in [0.1, 0.15) is 16.9 Å². The lowest BCUT2D eigenvalue weighted by Crippen LogP contribution is -2.28. The van der Waals surface area contributed by atoms with Gasteiger partial charge < -0.3 is 10.6 Å². The molecule has 0 bridgehead atoms. The Morgan fingerprint density at radius 1 is 1.19 bits per heavy atom. The normalized spacial score (nSPS) is 17.8. The number of halogens is 2. The minimum Gasteiger partial charge on any atom is -0.324 e. The first-order valence-corrected chi connectivity index (χ1v) is 9.20. The smallest absolute Gasteiger partial charge is 0.240 e. The number of amidine groups is 1. The highest BCUT2D eigenvalue weighted by atomic mass is 32.2. The average molecular weight is 389 g/mol. The Bertz CT molecular complexity index is 875. The maximum Gasteiger partial charge on any atom is 0.240 e. The quantitative estimate of drug-likeness (QED) is 0.798. The summed E-state index contributed by atoms with van der Waals surface area (Å²) in [5, 5.41) is 4.84. The van der Waals surface area contributed by atoms with Gasteiger partial charge in [0, 0.05) is 19.0 Å². The first kappa shape index (κ1) is 19.0. The van der Waals surface area contributed by atoms with Crippen LogP contribution in [-0.4, -0.2) is 28.8 Å². The van der Waals surface area contributed by atoms with E-state index in [2.05, 4.69) is 15.6 Å². The van der Waals surface area contributed by atoms with Gasteiger partial charge in [-0.05, 0) is 24.1 Å². The number of amides is 2. The molecule has 2 aromatic carbocycles. The van der Waals surface area contributed by atoms with Gasteiger partial charge in [-0.2, -0.15) is 0 Å². The molecule has 3 rings (SSSR count). The van der Waals surface area contributed by atoms with Gasteiger partial charge in [0.15, 0.2) is 5.17 Å². The minimum absolute atomic E-state index is 0.124. The summed E-state index contributed by atoms with van der Waals surface area (Å²) in [7, 11) is 0. The van der Waals surface area contributed by atoms with Crippen molar-refractivity contribution in [1.29, 1.82) is 0 Å². The van der Waals surface area contributed by atoms with Crippen molar-refractivity contribution in [2.45, 2.75) is 18.1 Å². The molecule has 1 heterocycles. The molecule has 140 valence electrons. The Balaban J connectivity index is 1.51. The maximum atomic E-state index is 13.6. The van der Waals surface area contributed by atoms with Gasteiger partial charge >= 0.3 is 0 Å². The van der Waals surface area contributed by atoms with Gasteiger partial charge in [0.25, 0.3) is 0 Å². The van der Waals surface area contributed by atoms with E-state index < -0.39 is 22.8 Å². The number of thioether (sulfide) groups is 1. The van der Waals surface area contributed by atoms with Gasteiger partial charge in [-0.25, -0.2) is 8.78 Å². The Morgan fingerprint density at radius 2 is 1.96 bits per heavy atom. The third kappa shape index (κ3) is 5.37. The molecule has 2 aromatic rings. The summed E-state index contributed by atoms with van der Waals surface area (Å²) < 4.78 is 26.5. The van der Waals surface area contributed by atoms with Crippen molar-refractivity contribution < 1.29 is 18.4 Å². The molecular weight excluding hydrogens is 372 g/mol. The predicted octanol–water partition coefficient (Wildman–Crippen LogP) is 3.12. The molecule has 0 saturated carbocycles. The van der Waals surface area contributed by atoms with Gasteiger partial charge in [0.05, 0.1) is 5.69 Å². The molecule has 1 saturated heterocycles. The van der Waals surface area contributed by atoms with E-state index in [1.165, 1.54) is 11.8 Å². The second-order valence-electron chi connectivity index (χ2n) is 5.89. The highest BCUT2D eigenvalue weighted by Crippen LogP contribution is 2.23. The van der Waals surface area contributed by atoms with Gasteiger partial charge in [-0.1, -0.05) is 42.1 Å². The Kier molecular flexibility index (Phi) is 6.18. The van der Waals surface area contributed by atoms with Crippen molar-refractivity contribution >= 4 is 34.4 Å². The first-order chi connectivity index (χ1) is 13.0. The van der Waals surface area contributed by atoms with Crippen LogP contribution in [0.5, 0.6) is 0 Å². The summed E-state index contributed by atoms with van der Waals surface area (Å²) in [5.74, 6) is -2.44. The van der Waals surface area contributed by atoms with Gasteiger partial charge in [-0.3, -0.25) is 14.6 Å². The largest absolute Gasteiger partial charge is 0.324 e. The van der Waals surface area contributed by atoms with E-state index in [4.69, 9.17) is 0 Å². The van der Waals surface area contributed by atoms with Crippen LogP contribution in [0.4, 0.5) is 14.5 Å². The molecule has 2 amide bonds. The highest BCUT2D eigenvalue weighted by Gasteiger charge is 2.32. The molecule has 1 fully saturated rings. The van der Waals surface area contributed by atoms with Crippen molar-refractivity contribution in [3.63, 3.8) is 0 Å². The molecule has 0 aliphatic carbocycles. The van der Waals surface area contributed by atoms with E-state index in [1.54, 1.807) is 0 Å². The lowest BCUT2D eigenvalue weighted by Gasteiger charge is -2.08. The van der Waals surface area contributed by atoms with Crippen LogP contribution in [0.3, 0.4) is 0 Å². The second-order valence-corrected chi connectivity index (χ2v) is 7.09. The fraction of sp³-hybridized carbons (Fsp3) is 0.211. The number of hydrogen-bond acceptors (Lipinski definition) is 4. The summed E-state index contributed by atoms with van der Waals surface area (Å²) in [4.78, 5) is 28.4. The third-order valence-corrected chi connectivity index (χ3v) is 4.97. The number of anilines is 1. The maximum absolute atomic E-state index is 13.6. The Morgan fingerprint density at radius 3 is 2.70 bits per heavy atom. The number of nitrogens with zero attached hydrogens (tertiary/aromatic N) is 1. The summed E-state index contributed by atoms with van der Waals surface area (Å²) in [6.07, 6.45) is 0.612. The van der Waals surface area contributed by atoms with Crippen LogP contribution < -0.4 is 10.6 Å². The lowest BCUT2D eigenvalue weighted by molar-refractivity contribution is -0.122. The lowest BCUT2D eigenvalue weighted by atomic mass is 10.2. The van der Waals surface area contributed by atoms with Crippen LogP contribution in [-0.2, 0) is 16.0 Å². The highest BCUT2D eigenvalue weighted by molar-refractivity contribution is 8.15. The molecule has 0 radical (unpaired) electrons. The van der Waals surface area contributed by atoms with Crippen LogP contribution in [0, 0.1) is 11.6 Å². The molecule has 8 heteroatoms. The zero-order valence-corrected chi connectivity index (χ0v) is 15.1. The van der Waals surface area contributed by atoms with Crippen LogP contribution in [0.25, 0.3) is 0 Å². The van der Waals surface area contributed by atoms with Gasteiger partial charge in [-0.15, -0.1) is 0 Å². The fourth-order valence-electron chi connectivity index (χ4n) is 2.51. The fourth-order valence-corrected chi connectivity index (χ4v) is 3.50. The molecule has 0 spiro atoms. The van der Waals surface area contributed by atoms with E-state index in [1.807, 2.05) is 30.3 Å². The standard InChI is InChI=1S/C19H17F2N3O2S/c20-13-6-7-15(14(21)10-13)23-17(25)11-16-18(26)24-19(27-16)22-9-8-12-4-2-1-3-5-12/h1-7,10,16H,8-9,11H2,(H,23,25)(H,22,24,26)/t16-/m0/s1. The molecular formula is C19H17F2N3O2S. The summed E-state index contributed by atoms with van der Waals surface area (Å²) >= 11 is 1.17. The van der Waals surface area contributed by atoms with Gasteiger partial charge in [0.2, 0.25) is 11.8 Å². The minimum atomic E-state index is -0.866. The summed E-state index contributed by atoms with van der Waals surface area (Å²) in [5.41, 5.74) is 1.02. The molecule has 0 unspecified atom stereocenters. The van der Waals surface area contributed by atoms with Crippen molar-refractivity contribution in [3.8, 4) is 0 Å². The predicted molar refractivity (Wildman–Crippen MR) is 102 cm³/mol. The Hall–Kier alpha value is -2.74. The topological polar surface area (TPSA) is 70.6 Å². The zero-order valence-electron chi connectivity index (χ0n) is 14.2. The average Bonchev–Trinajstić information content (AvgIpc) is 2.98. The SMILES string of the molecule is O=C(C[C@@H]1SC(=NCCc2ccccc2)NC1=O)Nc1ccc(F)cc1F. The van der Waals surface area contributed by atoms with Crippen molar-refractivity contribution in [1.82, 2.24) is 5.32 Å². The van der Waals surface area contributed by atoms with E-state index in [-0.39, 0.29) is 18.0 Å². The monoisotopic (exact) mass is 389 g/mol. The van der Waals surface area contributed by atoms with Crippen molar-refractivity contribution in [2.24, 2.45) is 4.99 Å². The summed E-state index contributed by atoms with van der Waals surface area (Å²) in [6, 6.07) is 12.7. The molecule has 0 aromatic heterocycles.